The Balaban J connectivity index is 2.04. The zero-order valence-corrected chi connectivity index (χ0v) is 11.7. The van der Waals surface area contributed by atoms with E-state index in [2.05, 4.69) is 22.9 Å². The molecule has 0 spiro atoms. The minimum Gasteiger partial charge on any atom is -0.339 e. The molecule has 1 amide bonds. The maximum atomic E-state index is 12.3. The number of carbonyl (C=O) groups excluding carboxylic acids is 1. The third-order valence-electron chi connectivity index (χ3n) is 3.58. The number of rotatable bonds is 2. The number of amides is 1. The fourth-order valence-electron chi connectivity index (χ4n) is 2.35. The first-order valence-corrected chi connectivity index (χ1v) is 7.05. The number of hydrogen-bond acceptors (Lipinski definition) is 1. The molecule has 1 aromatic rings. The van der Waals surface area contributed by atoms with Crippen molar-refractivity contribution in [1.29, 1.82) is 0 Å². The molecular formula is C14H18BrNO. The third kappa shape index (κ3) is 2.89. The topological polar surface area (TPSA) is 20.3 Å². The standard InChI is InChI=1S/C14H18BrNO/c1-2-11-7-9-16(10-8-11)14(17)12-5-3-4-6-13(12)15/h3-6,11H,2,7-10H2,1H3. The molecule has 17 heavy (non-hydrogen) atoms. The number of benzene rings is 1. The van der Waals surface area contributed by atoms with Crippen LogP contribution in [-0.2, 0) is 0 Å². The van der Waals surface area contributed by atoms with E-state index in [0.29, 0.717) is 0 Å². The Morgan fingerprint density at radius 1 is 1.35 bits per heavy atom. The van der Waals surface area contributed by atoms with Crippen molar-refractivity contribution in [3.8, 4) is 0 Å². The Labute approximate surface area is 111 Å². The normalized spacial score (nSPS) is 17.2. The van der Waals surface area contributed by atoms with Crippen LogP contribution in [0.4, 0.5) is 0 Å². The summed E-state index contributed by atoms with van der Waals surface area (Å²) < 4.78 is 0.891. The van der Waals surface area contributed by atoms with Gasteiger partial charge in [-0.1, -0.05) is 25.5 Å². The van der Waals surface area contributed by atoms with E-state index in [0.717, 1.165) is 41.9 Å². The Hall–Kier alpha value is -0.830. The Bertz CT molecular complexity index is 397. The van der Waals surface area contributed by atoms with Gasteiger partial charge in [0.05, 0.1) is 5.56 Å². The van der Waals surface area contributed by atoms with Gasteiger partial charge in [0.15, 0.2) is 0 Å². The van der Waals surface area contributed by atoms with Gasteiger partial charge in [-0.15, -0.1) is 0 Å². The smallest absolute Gasteiger partial charge is 0.254 e. The molecule has 2 nitrogen and oxygen atoms in total. The molecule has 1 aromatic carbocycles. The summed E-state index contributed by atoms with van der Waals surface area (Å²) in [5.41, 5.74) is 0.780. The van der Waals surface area contributed by atoms with Crippen molar-refractivity contribution in [2.75, 3.05) is 13.1 Å². The first-order valence-electron chi connectivity index (χ1n) is 6.26. The first kappa shape index (κ1) is 12.6. The van der Waals surface area contributed by atoms with Crippen LogP contribution in [0.25, 0.3) is 0 Å². The fourth-order valence-corrected chi connectivity index (χ4v) is 2.80. The Morgan fingerprint density at radius 3 is 2.59 bits per heavy atom. The van der Waals surface area contributed by atoms with Gasteiger partial charge in [-0.25, -0.2) is 0 Å². The molecule has 3 heteroatoms. The first-order chi connectivity index (χ1) is 8.22. The van der Waals surface area contributed by atoms with E-state index < -0.39 is 0 Å². The molecule has 1 aliphatic rings. The molecule has 92 valence electrons. The van der Waals surface area contributed by atoms with E-state index in [9.17, 15) is 4.79 Å². The number of hydrogen-bond donors (Lipinski definition) is 0. The highest BCUT2D eigenvalue weighted by atomic mass is 79.9. The zero-order valence-electron chi connectivity index (χ0n) is 10.2. The van der Waals surface area contributed by atoms with Crippen molar-refractivity contribution in [2.24, 2.45) is 5.92 Å². The minimum absolute atomic E-state index is 0.159. The lowest BCUT2D eigenvalue weighted by Crippen LogP contribution is -2.38. The monoisotopic (exact) mass is 295 g/mol. The molecular weight excluding hydrogens is 278 g/mol. The molecule has 0 N–H and O–H groups in total. The maximum Gasteiger partial charge on any atom is 0.254 e. The lowest BCUT2D eigenvalue weighted by atomic mass is 9.94. The summed E-state index contributed by atoms with van der Waals surface area (Å²) in [6.07, 6.45) is 3.52. The summed E-state index contributed by atoms with van der Waals surface area (Å²) in [5, 5.41) is 0. The summed E-state index contributed by atoms with van der Waals surface area (Å²) in [7, 11) is 0. The fraction of sp³-hybridized carbons (Fsp3) is 0.500. The van der Waals surface area contributed by atoms with Crippen LogP contribution >= 0.6 is 15.9 Å². The van der Waals surface area contributed by atoms with Gasteiger partial charge < -0.3 is 4.90 Å². The summed E-state index contributed by atoms with van der Waals surface area (Å²) in [6.45, 7) is 4.04. The molecule has 1 fully saturated rings. The highest BCUT2D eigenvalue weighted by Crippen LogP contribution is 2.23. The van der Waals surface area contributed by atoms with Gasteiger partial charge >= 0.3 is 0 Å². The maximum absolute atomic E-state index is 12.3. The lowest BCUT2D eigenvalue weighted by Gasteiger charge is -2.31. The van der Waals surface area contributed by atoms with Crippen LogP contribution in [0.15, 0.2) is 28.7 Å². The largest absolute Gasteiger partial charge is 0.339 e. The summed E-state index contributed by atoms with van der Waals surface area (Å²) in [4.78, 5) is 14.3. The van der Waals surface area contributed by atoms with Gasteiger partial charge in [-0.3, -0.25) is 4.79 Å². The highest BCUT2D eigenvalue weighted by molar-refractivity contribution is 9.10. The van der Waals surface area contributed by atoms with Crippen molar-refractivity contribution in [1.82, 2.24) is 4.90 Å². The predicted octanol–water partition coefficient (Wildman–Crippen LogP) is 3.71. The van der Waals surface area contributed by atoms with Gasteiger partial charge in [0.25, 0.3) is 5.91 Å². The number of nitrogens with zero attached hydrogens (tertiary/aromatic N) is 1. The van der Waals surface area contributed by atoms with Gasteiger partial charge in [-0.05, 0) is 46.8 Å². The number of halogens is 1. The van der Waals surface area contributed by atoms with Crippen molar-refractivity contribution in [3.05, 3.63) is 34.3 Å². The minimum atomic E-state index is 0.159. The molecule has 0 bridgehead atoms. The summed E-state index contributed by atoms with van der Waals surface area (Å²) in [5.74, 6) is 0.963. The van der Waals surface area contributed by atoms with Crippen LogP contribution < -0.4 is 0 Å². The average molecular weight is 296 g/mol. The van der Waals surface area contributed by atoms with E-state index in [-0.39, 0.29) is 5.91 Å². The number of piperidine rings is 1. The van der Waals surface area contributed by atoms with Crippen molar-refractivity contribution in [3.63, 3.8) is 0 Å². The van der Waals surface area contributed by atoms with E-state index in [1.807, 2.05) is 29.2 Å². The average Bonchev–Trinajstić information content (AvgIpc) is 2.39. The van der Waals surface area contributed by atoms with Crippen LogP contribution in [0.5, 0.6) is 0 Å². The number of carbonyl (C=O) groups is 1. The van der Waals surface area contributed by atoms with E-state index in [1.165, 1.54) is 6.42 Å². The highest BCUT2D eigenvalue weighted by Gasteiger charge is 2.23. The van der Waals surface area contributed by atoms with Gasteiger partial charge in [0.2, 0.25) is 0 Å². The number of likely N-dealkylation sites (tertiary alicyclic amines) is 1. The molecule has 0 atom stereocenters. The van der Waals surface area contributed by atoms with E-state index >= 15 is 0 Å². The summed E-state index contributed by atoms with van der Waals surface area (Å²) in [6, 6.07) is 7.66. The molecule has 1 saturated heterocycles. The van der Waals surface area contributed by atoms with Crippen molar-refractivity contribution >= 4 is 21.8 Å². The van der Waals surface area contributed by atoms with Crippen LogP contribution in [0.2, 0.25) is 0 Å². The predicted molar refractivity (Wildman–Crippen MR) is 73.1 cm³/mol. The quantitative estimate of drug-likeness (QED) is 0.814. The second-order valence-corrected chi connectivity index (χ2v) is 5.48. The van der Waals surface area contributed by atoms with Crippen LogP contribution in [0, 0.1) is 5.92 Å². The van der Waals surface area contributed by atoms with Gasteiger partial charge in [0, 0.05) is 17.6 Å². The molecule has 0 aromatic heterocycles. The Morgan fingerprint density at radius 2 is 2.00 bits per heavy atom. The molecule has 2 rings (SSSR count). The van der Waals surface area contributed by atoms with Crippen molar-refractivity contribution in [2.45, 2.75) is 26.2 Å². The van der Waals surface area contributed by atoms with Crippen molar-refractivity contribution < 1.29 is 4.79 Å². The molecule has 1 aliphatic heterocycles. The van der Waals surface area contributed by atoms with Crippen LogP contribution in [0.3, 0.4) is 0 Å². The second-order valence-electron chi connectivity index (χ2n) is 4.62. The SMILES string of the molecule is CCC1CCN(C(=O)c2ccccc2Br)CC1. The molecule has 0 unspecified atom stereocenters. The summed E-state index contributed by atoms with van der Waals surface area (Å²) >= 11 is 3.44. The Kier molecular flexibility index (Phi) is 4.21. The third-order valence-corrected chi connectivity index (χ3v) is 4.27. The molecule has 0 radical (unpaired) electrons. The lowest BCUT2D eigenvalue weighted by molar-refractivity contribution is 0.0688. The zero-order chi connectivity index (χ0) is 12.3. The molecule has 0 aliphatic carbocycles. The second kappa shape index (κ2) is 5.67. The molecule has 1 heterocycles. The van der Waals surface area contributed by atoms with Crippen LogP contribution in [-0.4, -0.2) is 23.9 Å². The van der Waals surface area contributed by atoms with E-state index in [4.69, 9.17) is 0 Å². The molecule has 0 saturated carbocycles. The van der Waals surface area contributed by atoms with Gasteiger partial charge in [0.1, 0.15) is 0 Å². The van der Waals surface area contributed by atoms with Gasteiger partial charge in [-0.2, -0.15) is 0 Å². The van der Waals surface area contributed by atoms with E-state index in [1.54, 1.807) is 0 Å². The van der Waals surface area contributed by atoms with Crippen LogP contribution in [0.1, 0.15) is 36.5 Å².